The second-order valence-electron chi connectivity index (χ2n) is 6.42. The van der Waals surface area contributed by atoms with Gasteiger partial charge in [0.1, 0.15) is 5.82 Å². The van der Waals surface area contributed by atoms with Crippen LogP contribution in [-0.2, 0) is 0 Å². The van der Waals surface area contributed by atoms with Crippen LogP contribution in [0.1, 0.15) is 29.5 Å². The summed E-state index contributed by atoms with van der Waals surface area (Å²) < 4.78 is 26.1. The van der Waals surface area contributed by atoms with Gasteiger partial charge in [0.05, 0.1) is 30.4 Å². The van der Waals surface area contributed by atoms with Crippen molar-refractivity contribution in [3.05, 3.63) is 63.9 Å². The molecular formula is C20H19BrFNO2. The van der Waals surface area contributed by atoms with Gasteiger partial charge in [0.15, 0.2) is 11.5 Å². The SMILES string of the molecule is COc1cc([C@H]2Nc3c(F)cccc3[C@@H]3C=CC[C@@H]23)cc(Br)c1OC. The van der Waals surface area contributed by atoms with Crippen LogP contribution in [0.2, 0.25) is 0 Å². The highest BCUT2D eigenvalue weighted by Gasteiger charge is 2.39. The number of benzene rings is 2. The molecule has 0 radical (unpaired) electrons. The summed E-state index contributed by atoms with van der Waals surface area (Å²) >= 11 is 3.56. The number of para-hydroxylation sites is 1. The van der Waals surface area contributed by atoms with Crippen LogP contribution in [0.4, 0.5) is 10.1 Å². The molecule has 0 amide bonds. The maximum atomic E-state index is 14.4. The first-order chi connectivity index (χ1) is 12.1. The van der Waals surface area contributed by atoms with Crippen molar-refractivity contribution in [3.63, 3.8) is 0 Å². The Kier molecular flexibility index (Phi) is 4.20. The van der Waals surface area contributed by atoms with Gasteiger partial charge in [0.2, 0.25) is 0 Å². The molecule has 130 valence electrons. The molecule has 1 heterocycles. The molecule has 1 N–H and O–H groups in total. The predicted octanol–water partition coefficient (Wildman–Crippen LogP) is 5.43. The number of hydrogen-bond donors (Lipinski definition) is 1. The Morgan fingerprint density at radius 3 is 2.80 bits per heavy atom. The molecule has 1 aliphatic heterocycles. The number of hydrogen-bond acceptors (Lipinski definition) is 3. The summed E-state index contributed by atoms with van der Waals surface area (Å²) in [4.78, 5) is 0. The zero-order chi connectivity index (χ0) is 17.6. The van der Waals surface area contributed by atoms with E-state index >= 15 is 0 Å². The maximum Gasteiger partial charge on any atom is 0.174 e. The van der Waals surface area contributed by atoms with Crippen LogP contribution in [0.25, 0.3) is 0 Å². The minimum atomic E-state index is -0.208. The highest BCUT2D eigenvalue weighted by atomic mass is 79.9. The van der Waals surface area contributed by atoms with Gasteiger partial charge in [0.25, 0.3) is 0 Å². The second kappa shape index (κ2) is 6.37. The van der Waals surface area contributed by atoms with Gasteiger partial charge in [0, 0.05) is 5.92 Å². The number of methoxy groups -OCH3 is 2. The molecule has 0 aromatic heterocycles. The van der Waals surface area contributed by atoms with E-state index in [9.17, 15) is 4.39 Å². The summed E-state index contributed by atoms with van der Waals surface area (Å²) in [6.45, 7) is 0. The molecule has 5 heteroatoms. The van der Waals surface area contributed by atoms with E-state index < -0.39 is 0 Å². The molecule has 2 aliphatic rings. The standard InChI is InChI=1S/C20H19BrFNO2/c1-24-17-10-11(9-15(21)20(17)25-2)18-13-6-3-5-12(13)14-7-4-8-16(22)19(14)23-18/h3-5,7-10,12-13,18,23H,6H2,1-2H3/t12-,13-,18-/m1/s1. The smallest absolute Gasteiger partial charge is 0.174 e. The Morgan fingerprint density at radius 2 is 2.04 bits per heavy atom. The van der Waals surface area contributed by atoms with E-state index in [1.807, 2.05) is 18.2 Å². The van der Waals surface area contributed by atoms with Gasteiger partial charge >= 0.3 is 0 Å². The number of ether oxygens (including phenoxy) is 2. The van der Waals surface area contributed by atoms with Gasteiger partial charge in [-0.15, -0.1) is 0 Å². The Balaban J connectivity index is 1.82. The lowest BCUT2D eigenvalue weighted by atomic mass is 9.77. The number of anilines is 1. The molecule has 0 spiro atoms. The van der Waals surface area contributed by atoms with E-state index in [-0.39, 0.29) is 17.8 Å². The highest BCUT2D eigenvalue weighted by molar-refractivity contribution is 9.10. The number of fused-ring (bicyclic) bond motifs is 3. The number of allylic oxidation sites excluding steroid dienone is 2. The first kappa shape index (κ1) is 16.5. The minimum absolute atomic E-state index is 0.000469. The Morgan fingerprint density at radius 1 is 1.20 bits per heavy atom. The molecule has 0 fully saturated rings. The molecule has 2 aromatic carbocycles. The molecule has 0 unspecified atom stereocenters. The lowest BCUT2D eigenvalue weighted by Crippen LogP contribution is -2.29. The van der Waals surface area contributed by atoms with Crippen molar-refractivity contribution in [2.75, 3.05) is 19.5 Å². The third-order valence-corrected chi connectivity index (χ3v) is 5.75. The summed E-state index contributed by atoms with van der Waals surface area (Å²) in [5, 5.41) is 3.44. The molecule has 0 saturated carbocycles. The monoisotopic (exact) mass is 403 g/mol. The van der Waals surface area contributed by atoms with E-state index in [2.05, 4.69) is 33.4 Å². The fraction of sp³-hybridized carbons (Fsp3) is 0.300. The molecule has 4 rings (SSSR count). The topological polar surface area (TPSA) is 30.5 Å². The van der Waals surface area contributed by atoms with Crippen LogP contribution in [0.15, 0.2) is 47.0 Å². The lowest BCUT2D eigenvalue weighted by molar-refractivity contribution is 0.351. The van der Waals surface area contributed by atoms with E-state index in [0.717, 1.165) is 22.0 Å². The average Bonchev–Trinajstić information content (AvgIpc) is 3.10. The van der Waals surface area contributed by atoms with Crippen molar-refractivity contribution in [2.45, 2.75) is 18.4 Å². The number of nitrogens with one attached hydrogen (secondary N) is 1. The van der Waals surface area contributed by atoms with Crippen LogP contribution < -0.4 is 14.8 Å². The molecule has 0 saturated heterocycles. The van der Waals surface area contributed by atoms with Gasteiger partial charge in [-0.1, -0.05) is 24.3 Å². The van der Waals surface area contributed by atoms with Gasteiger partial charge in [-0.3, -0.25) is 0 Å². The molecule has 25 heavy (non-hydrogen) atoms. The van der Waals surface area contributed by atoms with Crippen molar-refractivity contribution in [3.8, 4) is 11.5 Å². The first-order valence-electron chi connectivity index (χ1n) is 8.27. The quantitative estimate of drug-likeness (QED) is 0.692. The molecular weight excluding hydrogens is 385 g/mol. The van der Waals surface area contributed by atoms with Crippen molar-refractivity contribution >= 4 is 21.6 Å². The lowest BCUT2D eigenvalue weighted by Gasteiger charge is -2.37. The van der Waals surface area contributed by atoms with Crippen LogP contribution >= 0.6 is 15.9 Å². The van der Waals surface area contributed by atoms with Gasteiger partial charge in [-0.2, -0.15) is 0 Å². The zero-order valence-electron chi connectivity index (χ0n) is 14.1. The largest absolute Gasteiger partial charge is 0.493 e. The minimum Gasteiger partial charge on any atom is -0.493 e. The second-order valence-corrected chi connectivity index (χ2v) is 7.27. The zero-order valence-corrected chi connectivity index (χ0v) is 15.6. The molecule has 0 bridgehead atoms. The molecule has 1 aliphatic carbocycles. The van der Waals surface area contributed by atoms with Crippen LogP contribution in [0.3, 0.4) is 0 Å². The van der Waals surface area contributed by atoms with Gasteiger partial charge in [-0.25, -0.2) is 4.39 Å². The first-order valence-corrected chi connectivity index (χ1v) is 9.06. The summed E-state index contributed by atoms with van der Waals surface area (Å²) in [6, 6.07) is 9.31. The summed E-state index contributed by atoms with van der Waals surface area (Å²) in [7, 11) is 3.24. The van der Waals surface area contributed by atoms with E-state index in [0.29, 0.717) is 23.1 Å². The summed E-state index contributed by atoms with van der Waals surface area (Å²) in [5.74, 6) is 1.69. The van der Waals surface area contributed by atoms with Crippen LogP contribution in [-0.4, -0.2) is 14.2 Å². The van der Waals surface area contributed by atoms with Crippen molar-refractivity contribution < 1.29 is 13.9 Å². The number of halogens is 2. The average molecular weight is 404 g/mol. The van der Waals surface area contributed by atoms with Crippen LogP contribution in [0, 0.1) is 11.7 Å². The third kappa shape index (κ3) is 2.61. The van der Waals surface area contributed by atoms with E-state index in [1.165, 1.54) is 6.07 Å². The highest BCUT2D eigenvalue weighted by Crippen LogP contribution is 2.51. The fourth-order valence-electron chi connectivity index (χ4n) is 4.03. The fourth-order valence-corrected chi connectivity index (χ4v) is 4.65. The Labute approximate surface area is 155 Å². The molecule has 3 atom stereocenters. The maximum absolute atomic E-state index is 14.4. The van der Waals surface area contributed by atoms with Crippen LogP contribution in [0.5, 0.6) is 11.5 Å². The normalized spacial score (nSPS) is 23.6. The van der Waals surface area contributed by atoms with Crippen molar-refractivity contribution in [1.82, 2.24) is 0 Å². The van der Waals surface area contributed by atoms with Crippen molar-refractivity contribution in [1.29, 1.82) is 0 Å². The summed E-state index contributed by atoms with van der Waals surface area (Å²) in [6.07, 6.45) is 5.36. The van der Waals surface area contributed by atoms with E-state index in [4.69, 9.17) is 9.47 Å². The van der Waals surface area contributed by atoms with E-state index in [1.54, 1.807) is 20.3 Å². The molecule has 2 aromatic rings. The third-order valence-electron chi connectivity index (χ3n) is 5.16. The van der Waals surface area contributed by atoms with Gasteiger partial charge < -0.3 is 14.8 Å². The predicted molar refractivity (Wildman–Crippen MR) is 100.0 cm³/mol. The Hall–Kier alpha value is -2.01. The van der Waals surface area contributed by atoms with Gasteiger partial charge in [-0.05, 0) is 57.6 Å². The van der Waals surface area contributed by atoms with Crippen molar-refractivity contribution in [2.24, 2.45) is 5.92 Å². The summed E-state index contributed by atoms with van der Waals surface area (Å²) in [5.41, 5.74) is 2.69. The molecule has 3 nitrogen and oxygen atoms in total. The Bertz CT molecular complexity index is 852. The number of rotatable bonds is 3.